The number of aryl methyl sites for hydroxylation is 1. The van der Waals surface area contributed by atoms with Crippen LogP contribution in [0.3, 0.4) is 0 Å². The molecule has 2 fully saturated rings. The van der Waals surface area contributed by atoms with E-state index in [0.717, 1.165) is 46.8 Å². The second-order valence-corrected chi connectivity index (χ2v) is 10.3. The number of rotatable bonds is 4. The van der Waals surface area contributed by atoms with Gasteiger partial charge in [0.25, 0.3) is 5.91 Å². The molecule has 186 valence electrons. The lowest BCUT2D eigenvalue weighted by molar-refractivity contribution is -0.136. The number of imidazole rings is 1. The Labute approximate surface area is 210 Å². The van der Waals surface area contributed by atoms with Gasteiger partial charge in [-0.2, -0.15) is 0 Å². The SMILES string of the molecule is Cc1cccc2nc(-c3ccc4c(c3)CN(C3CCC(=O)NC3=O)C4=O)c(NC3CCCCCC3)n12. The highest BCUT2D eigenvalue weighted by atomic mass is 16.2. The lowest BCUT2D eigenvalue weighted by Crippen LogP contribution is -2.52. The molecule has 3 amide bonds. The van der Waals surface area contributed by atoms with Crippen LogP contribution in [0.1, 0.15) is 73.0 Å². The number of anilines is 1. The van der Waals surface area contributed by atoms with Crippen molar-refractivity contribution in [1.82, 2.24) is 19.6 Å². The molecule has 0 bridgehead atoms. The number of carbonyl (C=O) groups is 3. The average Bonchev–Trinajstić information content (AvgIpc) is 3.26. The molecule has 1 saturated heterocycles. The standard InChI is InChI=1S/C28H31N5O3/c1-17-7-6-10-23-30-25(26(33(17)23)29-20-8-4-2-3-5-9-20)18-11-12-21-19(15-18)16-32(28(21)36)22-13-14-24(34)31-27(22)35/h6-7,10-12,15,20,22,29H,2-5,8-9,13-14,16H2,1H3,(H,31,34,35). The summed E-state index contributed by atoms with van der Waals surface area (Å²) < 4.78 is 2.19. The summed E-state index contributed by atoms with van der Waals surface area (Å²) in [5.41, 5.74) is 5.33. The number of benzene rings is 1. The molecule has 1 atom stereocenters. The van der Waals surface area contributed by atoms with Gasteiger partial charge >= 0.3 is 0 Å². The van der Waals surface area contributed by atoms with Crippen LogP contribution in [0.15, 0.2) is 36.4 Å². The molecule has 1 aromatic carbocycles. The number of nitrogens with zero attached hydrogens (tertiary/aromatic N) is 3. The van der Waals surface area contributed by atoms with Crippen molar-refractivity contribution in [2.75, 3.05) is 5.32 Å². The van der Waals surface area contributed by atoms with Gasteiger partial charge in [-0.1, -0.05) is 37.8 Å². The Bertz CT molecular complexity index is 1370. The topological polar surface area (TPSA) is 95.8 Å². The maximum Gasteiger partial charge on any atom is 0.255 e. The van der Waals surface area contributed by atoms with Crippen molar-refractivity contribution in [2.24, 2.45) is 0 Å². The second-order valence-electron chi connectivity index (χ2n) is 10.3. The van der Waals surface area contributed by atoms with Gasteiger partial charge in [-0.25, -0.2) is 4.98 Å². The number of aromatic nitrogens is 2. The summed E-state index contributed by atoms with van der Waals surface area (Å²) in [6, 6.07) is 11.8. The molecule has 4 heterocycles. The fraction of sp³-hybridized carbons (Fsp3) is 0.429. The van der Waals surface area contributed by atoms with Gasteiger partial charge in [0.15, 0.2) is 0 Å². The Balaban J connectivity index is 1.36. The van der Waals surface area contributed by atoms with Crippen molar-refractivity contribution < 1.29 is 14.4 Å². The molecule has 1 aliphatic carbocycles. The third kappa shape index (κ3) is 3.94. The Morgan fingerprint density at radius 3 is 2.58 bits per heavy atom. The first-order valence-corrected chi connectivity index (χ1v) is 13.0. The number of hydrogen-bond acceptors (Lipinski definition) is 5. The molecule has 1 unspecified atom stereocenters. The molecule has 8 heteroatoms. The number of piperidine rings is 1. The van der Waals surface area contributed by atoms with Crippen LogP contribution in [0, 0.1) is 6.92 Å². The number of hydrogen-bond donors (Lipinski definition) is 2. The highest BCUT2D eigenvalue weighted by molar-refractivity contribution is 6.05. The van der Waals surface area contributed by atoms with Crippen molar-refractivity contribution in [3.05, 3.63) is 53.2 Å². The van der Waals surface area contributed by atoms with Crippen LogP contribution >= 0.6 is 0 Å². The smallest absolute Gasteiger partial charge is 0.255 e. The lowest BCUT2D eigenvalue weighted by Gasteiger charge is -2.29. The fourth-order valence-electron chi connectivity index (χ4n) is 5.93. The van der Waals surface area contributed by atoms with Gasteiger partial charge in [0.05, 0.1) is 0 Å². The molecule has 2 aromatic heterocycles. The lowest BCUT2D eigenvalue weighted by atomic mass is 10.0. The van der Waals surface area contributed by atoms with Gasteiger partial charge in [-0.3, -0.25) is 24.1 Å². The normalized spacial score (nSPS) is 21.0. The van der Waals surface area contributed by atoms with Crippen molar-refractivity contribution in [3.8, 4) is 11.3 Å². The van der Waals surface area contributed by atoms with Crippen LogP contribution in [-0.2, 0) is 16.1 Å². The highest BCUT2D eigenvalue weighted by Crippen LogP contribution is 2.36. The molecule has 0 spiro atoms. The van der Waals surface area contributed by atoms with Crippen molar-refractivity contribution in [3.63, 3.8) is 0 Å². The van der Waals surface area contributed by atoms with Gasteiger partial charge in [-0.05, 0) is 56.0 Å². The molecule has 2 aliphatic heterocycles. The van der Waals surface area contributed by atoms with Crippen LogP contribution < -0.4 is 10.6 Å². The van der Waals surface area contributed by atoms with E-state index in [4.69, 9.17) is 4.98 Å². The highest BCUT2D eigenvalue weighted by Gasteiger charge is 2.39. The minimum absolute atomic E-state index is 0.159. The summed E-state index contributed by atoms with van der Waals surface area (Å²) in [7, 11) is 0. The summed E-state index contributed by atoms with van der Waals surface area (Å²) in [6.45, 7) is 2.45. The van der Waals surface area contributed by atoms with Gasteiger partial charge in [0.1, 0.15) is 23.2 Å². The zero-order chi connectivity index (χ0) is 24.8. The zero-order valence-electron chi connectivity index (χ0n) is 20.5. The first kappa shape index (κ1) is 22.8. The third-order valence-electron chi connectivity index (χ3n) is 7.83. The first-order valence-electron chi connectivity index (χ1n) is 13.0. The number of nitrogens with one attached hydrogen (secondary N) is 2. The largest absolute Gasteiger partial charge is 0.367 e. The predicted octanol–water partition coefficient (Wildman–Crippen LogP) is 4.21. The molecule has 6 rings (SSSR count). The van der Waals surface area contributed by atoms with E-state index in [1.165, 1.54) is 25.7 Å². The molecule has 2 N–H and O–H groups in total. The van der Waals surface area contributed by atoms with E-state index in [-0.39, 0.29) is 18.2 Å². The minimum Gasteiger partial charge on any atom is -0.367 e. The molecular weight excluding hydrogens is 454 g/mol. The monoisotopic (exact) mass is 485 g/mol. The summed E-state index contributed by atoms with van der Waals surface area (Å²) in [6.07, 6.45) is 7.96. The van der Waals surface area contributed by atoms with Crippen molar-refractivity contribution >= 4 is 29.2 Å². The van der Waals surface area contributed by atoms with E-state index < -0.39 is 11.9 Å². The van der Waals surface area contributed by atoms with E-state index in [1.54, 1.807) is 4.90 Å². The van der Waals surface area contributed by atoms with Gasteiger partial charge in [-0.15, -0.1) is 0 Å². The Morgan fingerprint density at radius 1 is 1.00 bits per heavy atom. The zero-order valence-corrected chi connectivity index (χ0v) is 20.5. The molecule has 3 aliphatic rings. The van der Waals surface area contributed by atoms with Crippen molar-refractivity contribution in [1.29, 1.82) is 0 Å². The van der Waals surface area contributed by atoms with Crippen LogP contribution in [0.4, 0.5) is 5.82 Å². The van der Waals surface area contributed by atoms with Crippen LogP contribution in [0.5, 0.6) is 0 Å². The average molecular weight is 486 g/mol. The third-order valence-corrected chi connectivity index (χ3v) is 7.83. The maximum absolute atomic E-state index is 13.1. The molecular formula is C28H31N5O3. The Morgan fingerprint density at radius 2 is 1.81 bits per heavy atom. The van der Waals surface area contributed by atoms with Crippen LogP contribution in [0.25, 0.3) is 16.9 Å². The second kappa shape index (κ2) is 9.08. The molecule has 1 saturated carbocycles. The predicted molar refractivity (Wildman–Crippen MR) is 137 cm³/mol. The summed E-state index contributed by atoms with van der Waals surface area (Å²) in [4.78, 5) is 43.7. The molecule has 3 aromatic rings. The summed E-state index contributed by atoms with van der Waals surface area (Å²) >= 11 is 0. The quantitative estimate of drug-likeness (QED) is 0.426. The van der Waals surface area contributed by atoms with E-state index in [1.807, 2.05) is 30.3 Å². The van der Waals surface area contributed by atoms with Crippen molar-refractivity contribution in [2.45, 2.75) is 76.9 Å². The van der Waals surface area contributed by atoms with Crippen LogP contribution in [-0.4, -0.2) is 44.1 Å². The van der Waals surface area contributed by atoms with Crippen LogP contribution in [0.2, 0.25) is 0 Å². The summed E-state index contributed by atoms with van der Waals surface area (Å²) in [5, 5.41) is 6.21. The molecule has 36 heavy (non-hydrogen) atoms. The van der Waals surface area contributed by atoms with E-state index in [9.17, 15) is 14.4 Å². The number of amides is 3. The molecule has 8 nitrogen and oxygen atoms in total. The minimum atomic E-state index is -0.614. The number of pyridine rings is 1. The fourth-order valence-corrected chi connectivity index (χ4v) is 5.93. The Hall–Kier alpha value is -3.68. The number of fused-ring (bicyclic) bond motifs is 2. The first-order chi connectivity index (χ1) is 17.5. The van der Waals surface area contributed by atoms with E-state index >= 15 is 0 Å². The summed E-state index contributed by atoms with van der Waals surface area (Å²) in [5.74, 6) is 0.173. The van der Waals surface area contributed by atoms with Gasteiger partial charge < -0.3 is 10.2 Å². The van der Waals surface area contributed by atoms with Gasteiger partial charge in [0, 0.05) is 35.8 Å². The van der Waals surface area contributed by atoms with E-state index in [0.29, 0.717) is 24.6 Å². The van der Waals surface area contributed by atoms with Gasteiger partial charge in [0.2, 0.25) is 11.8 Å². The number of carbonyl (C=O) groups excluding carboxylic acids is 3. The maximum atomic E-state index is 13.1. The molecule has 0 radical (unpaired) electrons. The number of imide groups is 1. The van der Waals surface area contributed by atoms with E-state index in [2.05, 4.69) is 28.0 Å². The Kier molecular flexibility index (Phi) is 5.74.